The third-order valence-corrected chi connectivity index (χ3v) is 3.98. The molecule has 3 heteroatoms. The van der Waals surface area contributed by atoms with Crippen molar-refractivity contribution < 1.29 is 4.74 Å². The Hall–Kier alpha value is -1.06. The Morgan fingerprint density at radius 2 is 1.79 bits per heavy atom. The number of nitrogens with two attached hydrogens (primary N) is 1. The van der Waals surface area contributed by atoms with Crippen molar-refractivity contribution >= 4 is 0 Å². The first-order chi connectivity index (χ1) is 8.97. The van der Waals surface area contributed by atoms with Crippen molar-refractivity contribution in [2.24, 2.45) is 11.7 Å². The van der Waals surface area contributed by atoms with Crippen LogP contribution in [0, 0.1) is 5.92 Å². The summed E-state index contributed by atoms with van der Waals surface area (Å²) in [5, 5.41) is 0. The molecule has 1 aliphatic heterocycles. The van der Waals surface area contributed by atoms with Crippen LogP contribution < -0.4 is 10.5 Å². The molecule has 19 heavy (non-hydrogen) atoms. The Bertz CT molecular complexity index is 392. The molecule has 0 aromatic heterocycles. The van der Waals surface area contributed by atoms with Crippen molar-refractivity contribution in [3.63, 3.8) is 0 Å². The van der Waals surface area contributed by atoms with E-state index >= 15 is 0 Å². The molecule has 1 fully saturated rings. The van der Waals surface area contributed by atoms with E-state index in [0.29, 0.717) is 18.0 Å². The molecule has 0 bridgehead atoms. The van der Waals surface area contributed by atoms with Crippen LogP contribution in [0.1, 0.15) is 39.3 Å². The summed E-state index contributed by atoms with van der Waals surface area (Å²) in [5.74, 6) is 1.53. The van der Waals surface area contributed by atoms with E-state index in [1.165, 1.54) is 5.56 Å². The van der Waals surface area contributed by atoms with Gasteiger partial charge >= 0.3 is 0 Å². The minimum Gasteiger partial charge on any atom is -0.491 e. The van der Waals surface area contributed by atoms with Crippen LogP contribution >= 0.6 is 0 Å². The van der Waals surface area contributed by atoms with E-state index < -0.39 is 0 Å². The fourth-order valence-corrected chi connectivity index (χ4v) is 2.65. The second-order valence-electron chi connectivity index (χ2n) is 6.01. The molecule has 3 nitrogen and oxygen atoms in total. The zero-order chi connectivity index (χ0) is 14.0. The maximum Gasteiger partial charge on any atom is 0.119 e. The number of hydrogen-bond donors (Lipinski definition) is 1. The molecular formula is C16H26N2O. The second kappa shape index (κ2) is 5.93. The number of hydrogen-bond acceptors (Lipinski definition) is 3. The van der Waals surface area contributed by atoms with Crippen LogP contribution in [0.4, 0.5) is 0 Å². The van der Waals surface area contributed by atoms with E-state index in [1.807, 2.05) is 13.8 Å². The lowest BCUT2D eigenvalue weighted by atomic mass is 10.1. The van der Waals surface area contributed by atoms with Gasteiger partial charge in [-0.05, 0) is 44.4 Å². The summed E-state index contributed by atoms with van der Waals surface area (Å²) in [7, 11) is 0. The van der Waals surface area contributed by atoms with Gasteiger partial charge in [0.1, 0.15) is 5.75 Å². The van der Waals surface area contributed by atoms with Crippen LogP contribution in [0.3, 0.4) is 0 Å². The summed E-state index contributed by atoms with van der Waals surface area (Å²) in [4.78, 5) is 2.47. The maximum absolute atomic E-state index is 6.10. The summed E-state index contributed by atoms with van der Waals surface area (Å²) in [6.45, 7) is 10.7. The van der Waals surface area contributed by atoms with Crippen molar-refractivity contribution in [3.05, 3.63) is 29.8 Å². The van der Waals surface area contributed by atoms with E-state index in [0.717, 1.165) is 18.8 Å². The Kier molecular flexibility index (Phi) is 4.48. The predicted octanol–water partition coefficient (Wildman–Crippen LogP) is 2.81. The standard InChI is InChI=1S/C16H26N2O/c1-11(2)19-15-7-5-14(6-8-15)13(4)18-9-12(3)16(17)10-18/h5-8,11-13,16H,9-10,17H2,1-4H3. The molecule has 3 unspecified atom stereocenters. The molecule has 0 spiro atoms. The van der Waals surface area contributed by atoms with Crippen molar-refractivity contribution in [3.8, 4) is 5.75 Å². The largest absolute Gasteiger partial charge is 0.491 e. The highest BCUT2D eigenvalue weighted by Crippen LogP contribution is 2.27. The summed E-state index contributed by atoms with van der Waals surface area (Å²) >= 11 is 0. The zero-order valence-corrected chi connectivity index (χ0v) is 12.5. The molecule has 2 rings (SSSR count). The van der Waals surface area contributed by atoms with Crippen LogP contribution in [0.5, 0.6) is 5.75 Å². The van der Waals surface area contributed by atoms with Gasteiger partial charge in [-0.15, -0.1) is 0 Å². The van der Waals surface area contributed by atoms with Gasteiger partial charge in [-0.3, -0.25) is 4.90 Å². The summed E-state index contributed by atoms with van der Waals surface area (Å²) in [6, 6.07) is 9.18. The van der Waals surface area contributed by atoms with Crippen molar-refractivity contribution in [2.45, 2.75) is 45.9 Å². The number of nitrogens with zero attached hydrogens (tertiary/aromatic N) is 1. The molecule has 1 heterocycles. The topological polar surface area (TPSA) is 38.5 Å². The van der Waals surface area contributed by atoms with Crippen LogP contribution in [0.2, 0.25) is 0 Å². The van der Waals surface area contributed by atoms with Gasteiger partial charge in [-0.25, -0.2) is 0 Å². The maximum atomic E-state index is 6.10. The van der Waals surface area contributed by atoms with Gasteiger partial charge in [0.15, 0.2) is 0 Å². The van der Waals surface area contributed by atoms with E-state index in [1.54, 1.807) is 0 Å². The molecule has 3 atom stereocenters. The molecular weight excluding hydrogens is 236 g/mol. The quantitative estimate of drug-likeness (QED) is 0.907. The summed E-state index contributed by atoms with van der Waals surface area (Å²) < 4.78 is 5.67. The molecule has 0 radical (unpaired) electrons. The average molecular weight is 262 g/mol. The number of likely N-dealkylation sites (tertiary alicyclic amines) is 1. The lowest BCUT2D eigenvalue weighted by Gasteiger charge is -2.24. The fraction of sp³-hybridized carbons (Fsp3) is 0.625. The molecule has 0 amide bonds. The first-order valence-electron chi connectivity index (χ1n) is 7.23. The Morgan fingerprint density at radius 1 is 1.16 bits per heavy atom. The van der Waals surface area contributed by atoms with E-state index in [9.17, 15) is 0 Å². The SMILES string of the molecule is CC(C)Oc1ccc(C(C)N2CC(C)C(N)C2)cc1. The molecule has 2 N–H and O–H groups in total. The van der Waals surface area contributed by atoms with Gasteiger partial charge in [-0.1, -0.05) is 19.1 Å². The second-order valence-corrected chi connectivity index (χ2v) is 6.01. The van der Waals surface area contributed by atoms with Gasteiger partial charge in [0.25, 0.3) is 0 Å². The average Bonchev–Trinajstić information content (AvgIpc) is 2.69. The Morgan fingerprint density at radius 3 is 2.26 bits per heavy atom. The molecule has 1 aromatic carbocycles. The predicted molar refractivity (Wildman–Crippen MR) is 79.3 cm³/mol. The molecule has 1 aliphatic rings. The minimum absolute atomic E-state index is 0.223. The smallest absolute Gasteiger partial charge is 0.119 e. The van der Waals surface area contributed by atoms with Crippen molar-refractivity contribution in [1.29, 1.82) is 0 Å². The number of benzene rings is 1. The van der Waals surface area contributed by atoms with Gasteiger partial charge < -0.3 is 10.5 Å². The lowest BCUT2D eigenvalue weighted by molar-refractivity contribution is 0.240. The van der Waals surface area contributed by atoms with Gasteiger partial charge in [-0.2, -0.15) is 0 Å². The highest BCUT2D eigenvalue weighted by atomic mass is 16.5. The third-order valence-electron chi connectivity index (χ3n) is 3.98. The van der Waals surface area contributed by atoms with Crippen LogP contribution in [-0.4, -0.2) is 30.1 Å². The highest BCUT2D eigenvalue weighted by molar-refractivity contribution is 5.29. The minimum atomic E-state index is 0.223. The van der Waals surface area contributed by atoms with Crippen LogP contribution in [-0.2, 0) is 0 Å². The molecule has 0 aliphatic carbocycles. The summed E-state index contributed by atoms with van der Waals surface area (Å²) in [6.07, 6.45) is 0.223. The van der Waals surface area contributed by atoms with Crippen LogP contribution in [0.15, 0.2) is 24.3 Å². The summed E-state index contributed by atoms with van der Waals surface area (Å²) in [5.41, 5.74) is 7.43. The van der Waals surface area contributed by atoms with Gasteiger partial charge in [0, 0.05) is 25.2 Å². The third kappa shape index (κ3) is 3.48. The first-order valence-corrected chi connectivity index (χ1v) is 7.23. The molecule has 0 saturated carbocycles. The highest BCUT2D eigenvalue weighted by Gasteiger charge is 2.29. The zero-order valence-electron chi connectivity index (χ0n) is 12.5. The van der Waals surface area contributed by atoms with Crippen LogP contribution in [0.25, 0.3) is 0 Å². The monoisotopic (exact) mass is 262 g/mol. The van der Waals surface area contributed by atoms with E-state index in [-0.39, 0.29) is 6.10 Å². The molecule has 1 saturated heterocycles. The van der Waals surface area contributed by atoms with Gasteiger partial charge in [0.05, 0.1) is 6.10 Å². The lowest BCUT2D eigenvalue weighted by Crippen LogP contribution is -2.29. The van der Waals surface area contributed by atoms with Gasteiger partial charge in [0.2, 0.25) is 0 Å². The Balaban J connectivity index is 2.01. The fourth-order valence-electron chi connectivity index (χ4n) is 2.65. The number of rotatable bonds is 4. The van der Waals surface area contributed by atoms with E-state index in [2.05, 4.69) is 43.0 Å². The normalized spacial score (nSPS) is 25.8. The Labute approximate surface area is 116 Å². The van der Waals surface area contributed by atoms with E-state index in [4.69, 9.17) is 10.5 Å². The molecule has 106 valence electrons. The van der Waals surface area contributed by atoms with Crippen molar-refractivity contribution in [1.82, 2.24) is 4.90 Å². The first kappa shape index (κ1) is 14.4. The molecule has 1 aromatic rings. The number of ether oxygens (including phenoxy) is 1. The van der Waals surface area contributed by atoms with Crippen molar-refractivity contribution in [2.75, 3.05) is 13.1 Å².